The summed E-state index contributed by atoms with van der Waals surface area (Å²) < 4.78 is 0. The van der Waals surface area contributed by atoms with Gasteiger partial charge in [0, 0.05) is 23.0 Å². The Hall–Kier alpha value is -2.10. The number of H-pyrrole nitrogens is 1. The molecule has 2 N–H and O–H groups in total. The number of fused-ring (bicyclic) bond motifs is 1. The fourth-order valence-electron chi connectivity index (χ4n) is 1.84. The number of hydrogen-bond acceptors (Lipinski definition) is 2. The summed E-state index contributed by atoms with van der Waals surface area (Å²) in [6.07, 6.45) is 0. The van der Waals surface area contributed by atoms with Crippen molar-refractivity contribution in [3.05, 3.63) is 46.2 Å². The van der Waals surface area contributed by atoms with Crippen LogP contribution in [0.3, 0.4) is 0 Å². The summed E-state index contributed by atoms with van der Waals surface area (Å²) in [5, 5.41) is 3.68. The molecule has 0 saturated heterocycles. The van der Waals surface area contributed by atoms with Crippen molar-refractivity contribution in [2.24, 2.45) is 5.92 Å². The van der Waals surface area contributed by atoms with Gasteiger partial charge in [-0.3, -0.25) is 9.59 Å². The highest BCUT2D eigenvalue weighted by atomic mass is 16.2. The van der Waals surface area contributed by atoms with E-state index in [2.05, 4.69) is 10.3 Å². The number of hydrogen-bond donors (Lipinski definition) is 2. The van der Waals surface area contributed by atoms with Crippen LogP contribution in [-0.4, -0.2) is 16.9 Å². The molecule has 0 radical (unpaired) electrons. The van der Waals surface area contributed by atoms with E-state index in [1.165, 1.54) is 6.07 Å². The summed E-state index contributed by atoms with van der Waals surface area (Å²) in [4.78, 5) is 26.6. The van der Waals surface area contributed by atoms with Crippen LogP contribution in [0.4, 0.5) is 0 Å². The molecule has 0 bridgehead atoms. The Morgan fingerprint density at radius 1 is 1.21 bits per heavy atom. The van der Waals surface area contributed by atoms with Crippen molar-refractivity contribution in [3.8, 4) is 0 Å². The minimum Gasteiger partial charge on any atom is -0.349 e. The monoisotopic (exact) mass is 258 g/mol. The van der Waals surface area contributed by atoms with Gasteiger partial charge in [-0.15, -0.1) is 0 Å². The van der Waals surface area contributed by atoms with E-state index in [1.807, 2.05) is 39.0 Å². The van der Waals surface area contributed by atoms with Gasteiger partial charge in [-0.2, -0.15) is 0 Å². The zero-order valence-electron chi connectivity index (χ0n) is 11.4. The summed E-state index contributed by atoms with van der Waals surface area (Å²) in [6.45, 7) is 6.04. The van der Waals surface area contributed by atoms with Gasteiger partial charge in [-0.25, -0.2) is 0 Å². The Bertz CT molecular complexity index is 658. The molecule has 0 aliphatic heterocycles. The number of carbonyl (C=O) groups excluding carboxylic acids is 1. The summed E-state index contributed by atoms with van der Waals surface area (Å²) >= 11 is 0. The topological polar surface area (TPSA) is 62.0 Å². The number of carbonyl (C=O) groups is 1. The van der Waals surface area contributed by atoms with E-state index in [-0.39, 0.29) is 17.5 Å². The van der Waals surface area contributed by atoms with Crippen molar-refractivity contribution in [1.29, 1.82) is 0 Å². The molecule has 2 aromatic rings. The molecule has 1 aromatic carbocycles. The lowest BCUT2D eigenvalue weighted by molar-refractivity contribution is 0.0932. The van der Waals surface area contributed by atoms with Crippen molar-refractivity contribution in [1.82, 2.24) is 10.3 Å². The first-order chi connectivity index (χ1) is 8.99. The van der Waals surface area contributed by atoms with Crippen molar-refractivity contribution in [3.63, 3.8) is 0 Å². The Labute approximate surface area is 111 Å². The SMILES string of the molecule is CC(C)C(C)NC(=O)c1cc(=O)[nH]c2ccccc12. The highest BCUT2D eigenvalue weighted by Crippen LogP contribution is 2.15. The number of pyridine rings is 1. The van der Waals surface area contributed by atoms with Gasteiger partial charge in [0.05, 0.1) is 5.56 Å². The Kier molecular flexibility index (Phi) is 3.69. The highest BCUT2D eigenvalue weighted by Gasteiger charge is 2.15. The quantitative estimate of drug-likeness (QED) is 0.887. The fraction of sp³-hybridized carbons (Fsp3) is 0.333. The first-order valence-corrected chi connectivity index (χ1v) is 6.42. The zero-order valence-corrected chi connectivity index (χ0v) is 11.4. The van der Waals surface area contributed by atoms with Crippen LogP contribution < -0.4 is 10.9 Å². The number of rotatable bonds is 3. The standard InChI is InChI=1S/C15H18N2O2/c1-9(2)10(3)16-15(19)12-8-14(18)17-13-7-5-4-6-11(12)13/h4-10H,1-3H3,(H,16,19)(H,17,18). The van der Waals surface area contributed by atoms with E-state index in [0.717, 1.165) is 5.39 Å². The number of para-hydroxylation sites is 1. The average molecular weight is 258 g/mol. The molecule has 4 nitrogen and oxygen atoms in total. The zero-order chi connectivity index (χ0) is 14.0. The first-order valence-electron chi connectivity index (χ1n) is 6.42. The third-order valence-corrected chi connectivity index (χ3v) is 3.35. The Morgan fingerprint density at radius 2 is 1.89 bits per heavy atom. The van der Waals surface area contributed by atoms with Crippen molar-refractivity contribution >= 4 is 16.8 Å². The second-order valence-corrected chi connectivity index (χ2v) is 5.10. The summed E-state index contributed by atoms with van der Waals surface area (Å²) in [6, 6.07) is 8.72. The average Bonchev–Trinajstić information content (AvgIpc) is 2.37. The molecule has 0 aliphatic carbocycles. The molecule has 19 heavy (non-hydrogen) atoms. The van der Waals surface area contributed by atoms with Gasteiger partial charge in [0.2, 0.25) is 5.56 Å². The number of aromatic amines is 1. The van der Waals surface area contributed by atoms with Crippen LogP contribution >= 0.6 is 0 Å². The van der Waals surface area contributed by atoms with Crippen LogP contribution in [0.15, 0.2) is 35.1 Å². The molecule has 0 spiro atoms. The molecule has 1 heterocycles. The second-order valence-electron chi connectivity index (χ2n) is 5.10. The lowest BCUT2D eigenvalue weighted by atomic mass is 10.0. The minimum atomic E-state index is -0.263. The normalized spacial score (nSPS) is 12.6. The van der Waals surface area contributed by atoms with Crippen LogP contribution in [0.2, 0.25) is 0 Å². The summed E-state index contributed by atoms with van der Waals surface area (Å²) in [7, 11) is 0. The van der Waals surface area contributed by atoms with Gasteiger partial charge in [0.1, 0.15) is 0 Å². The predicted octanol–water partition coefficient (Wildman–Crippen LogP) is 2.30. The molecule has 1 atom stereocenters. The molecular formula is C15H18N2O2. The Morgan fingerprint density at radius 3 is 2.58 bits per heavy atom. The molecule has 0 fully saturated rings. The molecule has 1 amide bonds. The number of benzene rings is 1. The molecule has 4 heteroatoms. The lowest BCUT2D eigenvalue weighted by Gasteiger charge is -2.17. The van der Waals surface area contributed by atoms with E-state index in [1.54, 1.807) is 6.07 Å². The van der Waals surface area contributed by atoms with Crippen molar-refractivity contribution in [2.45, 2.75) is 26.8 Å². The van der Waals surface area contributed by atoms with Gasteiger partial charge in [0.25, 0.3) is 5.91 Å². The van der Waals surface area contributed by atoms with Gasteiger partial charge in [-0.1, -0.05) is 32.0 Å². The molecule has 1 unspecified atom stereocenters. The minimum absolute atomic E-state index is 0.0607. The predicted molar refractivity (Wildman–Crippen MR) is 76.3 cm³/mol. The van der Waals surface area contributed by atoms with Crippen LogP contribution in [0, 0.1) is 5.92 Å². The van der Waals surface area contributed by atoms with E-state index in [4.69, 9.17) is 0 Å². The van der Waals surface area contributed by atoms with E-state index in [0.29, 0.717) is 17.0 Å². The number of aromatic nitrogens is 1. The smallest absolute Gasteiger partial charge is 0.252 e. The van der Waals surface area contributed by atoms with Gasteiger partial charge in [-0.05, 0) is 18.9 Å². The summed E-state index contributed by atoms with van der Waals surface area (Å²) in [5.41, 5.74) is 0.838. The molecule has 1 aromatic heterocycles. The Balaban J connectivity index is 2.44. The molecule has 0 saturated carbocycles. The first kappa shape index (κ1) is 13.3. The number of nitrogens with one attached hydrogen (secondary N) is 2. The number of amides is 1. The fourth-order valence-corrected chi connectivity index (χ4v) is 1.84. The van der Waals surface area contributed by atoms with Crippen molar-refractivity contribution < 1.29 is 4.79 Å². The molecule has 100 valence electrons. The lowest BCUT2D eigenvalue weighted by Crippen LogP contribution is -2.36. The van der Waals surface area contributed by atoms with Gasteiger partial charge >= 0.3 is 0 Å². The second kappa shape index (κ2) is 5.26. The molecular weight excluding hydrogens is 240 g/mol. The largest absolute Gasteiger partial charge is 0.349 e. The maximum absolute atomic E-state index is 12.3. The van der Waals surface area contributed by atoms with Gasteiger partial charge in [0.15, 0.2) is 0 Å². The van der Waals surface area contributed by atoms with Crippen LogP contribution in [0.1, 0.15) is 31.1 Å². The van der Waals surface area contributed by atoms with E-state index in [9.17, 15) is 9.59 Å². The van der Waals surface area contributed by atoms with Crippen molar-refractivity contribution in [2.75, 3.05) is 0 Å². The maximum atomic E-state index is 12.3. The van der Waals surface area contributed by atoms with Crippen LogP contribution in [-0.2, 0) is 0 Å². The van der Waals surface area contributed by atoms with Crippen LogP contribution in [0.25, 0.3) is 10.9 Å². The third kappa shape index (κ3) is 2.84. The highest BCUT2D eigenvalue weighted by molar-refractivity contribution is 6.06. The van der Waals surface area contributed by atoms with E-state index >= 15 is 0 Å². The third-order valence-electron chi connectivity index (χ3n) is 3.35. The van der Waals surface area contributed by atoms with Gasteiger partial charge < -0.3 is 10.3 Å². The molecule has 0 aliphatic rings. The van der Waals surface area contributed by atoms with E-state index < -0.39 is 0 Å². The summed E-state index contributed by atoms with van der Waals surface area (Å²) in [5.74, 6) is 0.140. The molecule has 2 rings (SSSR count). The maximum Gasteiger partial charge on any atom is 0.252 e. The van der Waals surface area contributed by atoms with Crippen LogP contribution in [0.5, 0.6) is 0 Å².